The largest absolute Gasteiger partial charge is 0.507 e. The van der Waals surface area contributed by atoms with Crippen LogP contribution in [0.4, 0.5) is 11.4 Å². The van der Waals surface area contributed by atoms with Crippen molar-refractivity contribution < 1.29 is 38.9 Å². The van der Waals surface area contributed by atoms with Crippen LogP contribution in [-0.2, 0) is 19.1 Å². The van der Waals surface area contributed by atoms with Crippen LogP contribution in [-0.4, -0.2) is 70.0 Å². The first-order valence-corrected chi connectivity index (χ1v) is 12.0. The van der Waals surface area contributed by atoms with E-state index >= 15 is 0 Å². The van der Waals surface area contributed by atoms with Gasteiger partial charge in [0, 0.05) is 0 Å². The lowest BCUT2D eigenvalue weighted by Gasteiger charge is -2.03. The number of phenolic OH excluding ortho intramolecular Hbond substituents is 2. The zero-order chi connectivity index (χ0) is 26.2. The maximum absolute atomic E-state index is 11.4. The van der Waals surface area contributed by atoms with Gasteiger partial charge in [-0.05, 0) is 36.4 Å². The molecule has 0 bridgehead atoms. The highest BCUT2D eigenvalue weighted by Crippen LogP contribution is 2.26. The number of carbonyl (C=O) groups excluding carboxylic acids is 4. The van der Waals surface area contributed by atoms with Crippen LogP contribution in [0.1, 0.15) is 20.7 Å². The van der Waals surface area contributed by atoms with Crippen molar-refractivity contribution in [1.82, 2.24) is 10.6 Å². The smallest absolute Gasteiger partial charge is 0.341 e. The van der Waals surface area contributed by atoms with Gasteiger partial charge in [-0.1, -0.05) is 23.5 Å². The minimum absolute atomic E-state index is 0.0358. The fourth-order valence-corrected chi connectivity index (χ4v) is 4.13. The number of thioether (sulfide) groups is 2. The summed E-state index contributed by atoms with van der Waals surface area (Å²) in [5.74, 6) is -1.17. The molecule has 0 radical (unpaired) electrons. The SMILES string of the molecule is COC(=O)c1cc(N=C2NC(=O)CS2)ccc1O.COC(=O)c1cc(N=C2NC(=O)CS2)ccc1O. The van der Waals surface area contributed by atoms with E-state index in [0.717, 1.165) is 0 Å². The topological polar surface area (TPSA) is 176 Å². The Labute approximate surface area is 213 Å². The lowest BCUT2D eigenvalue weighted by Crippen LogP contribution is -2.19. The van der Waals surface area contributed by atoms with E-state index in [9.17, 15) is 29.4 Å². The maximum atomic E-state index is 11.4. The summed E-state index contributed by atoms with van der Waals surface area (Å²) in [4.78, 5) is 53.0. The molecule has 12 nitrogen and oxygen atoms in total. The lowest BCUT2D eigenvalue weighted by atomic mass is 10.2. The number of rotatable bonds is 4. The molecule has 0 aliphatic carbocycles. The van der Waals surface area contributed by atoms with Crippen molar-refractivity contribution in [3.05, 3.63) is 47.5 Å². The van der Waals surface area contributed by atoms with Gasteiger partial charge in [-0.25, -0.2) is 19.6 Å². The molecule has 2 amide bonds. The Bertz CT molecular complexity index is 1180. The molecule has 0 unspecified atom stereocenters. The Hall–Kier alpha value is -4.04. The van der Waals surface area contributed by atoms with Crippen molar-refractivity contribution in [2.45, 2.75) is 0 Å². The summed E-state index contributed by atoms with van der Waals surface area (Å²) >= 11 is 2.56. The van der Waals surface area contributed by atoms with Crippen molar-refractivity contribution in [2.75, 3.05) is 25.7 Å². The Morgan fingerprint density at radius 2 is 1.17 bits per heavy atom. The molecule has 2 aromatic carbocycles. The second kappa shape index (κ2) is 12.1. The fourth-order valence-electron chi connectivity index (χ4n) is 2.74. The molecule has 0 spiro atoms. The van der Waals surface area contributed by atoms with Crippen molar-refractivity contribution >= 4 is 69.0 Å². The van der Waals surface area contributed by atoms with Gasteiger partial charge in [0.05, 0.1) is 37.1 Å². The molecule has 2 aliphatic rings. The fraction of sp³-hybridized carbons (Fsp3) is 0.182. The Morgan fingerprint density at radius 1 is 0.778 bits per heavy atom. The number of benzene rings is 2. The number of hydrogen-bond acceptors (Lipinski definition) is 12. The van der Waals surface area contributed by atoms with Gasteiger partial charge in [0.2, 0.25) is 11.8 Å². The first-order chi connectivity index (χ1) is 17.2. The van der Waals surface area contributed by atoms with E-state index in [1.54, 1.807) is 12.1 Å². The van der Waals surface area contributed by atoms with E-state index in [1.165, 1.54) is 62.0 Å². The van der Waals surface area contributed by atoms with Crippen molar-refractivity contribution in [3.8, 4) is 11.5 Å². The number of carbonyl (C=O) groups is 4. The van der Waals surface area contributed by atoms with Gasteiger partial charge in [0.15, 0.2) is 10.3 Å². The molecule has 4 rings (SSSR count). The van der Waals surface area contributed by atoms with Gasteiger partial charge in [-0.15, -0.1) is 0 Å². The number of phenols is 2. The Morgan fingerprint density at radius 3 is 1.47 bits per heavy atom. The number of methoxy groups -OCH3 is 2. The van der Waals surface area contributed by atoms with Gasteiger partial charge in [0.25, 0.3) is 0 Å². The number of amides is 2. The van der Waals surface area contributed by atoms with Crippen molar-refractivity contribution in [3.63, 3.8) is 0 Å². The van der Waals surface area contributed by atoms with Crippen molar-refractivity contribution in [1.29, 1.82) is 0 Å². The molecule has 2 fully saturated rings. The standard InChI is InChI=1S/2C11H10N2O4S/c2*1-17-10(16)7-4-6(2-3-8(7)14)12-11-13-9(15)5-18-11/h2*2-4,14H,5H2,1H3,(H,12,13,15). The van der Waals surface area contributed by atoms with Gasteiger partial charge < -0.3 is 30.3 Å². The molecular formula is C22H20N4O8S2. The van der Waals surface area contributed by atoms with Crippen LogP contribution < -0.4 is 10.6 Å². The predicted octanol–water partition coefficient (Wildman–Crippen LogP) is 2.06. The molecular weight excluding hydrogens is 512 g/mol. The molecule has 2 heterocycles. The van der Waals surface area contributed by atoms with E-state index in [0.29, 0.717) is 33.2 Å². The zero-order valence-corrected chi connectivity index (χ0v) is 20.6. The summed E-state index contributed by atoms with van der Waals surface area (Å²) in [6.45, 7) is 0. The molecule has 188 valence electrons. The third-order valence-corrected chi connectivity index (χ3v) is 6.15. The van der Waals surface area contributed by atoms with E-state index < -0.39 is 11.9 Å². The van der Waals surface area contributed by atoms with E-state index in [4.69, 9.17) is 0 Å². The number of esters is 2. The first kappa shape index (κ1) is 26.6. The van der Waals surface area contributed by atoms with Gasteiger partial charge >= 0.3 is 11.9 Å². The quantitative estimate of drug-likeness (QED) is 0.426. The molecule has 0 aromatic heterocycles. The third-order valence-electron chi connectivity index (χ3n) is 4.40. The molecule has 0 atom stereocenters. The minimum Gasteiger partial charge on any atom is -0.507 e. The number of aromatic hydroxyl groups is 2. The van der Waals surface area contributed by atoms with E-state index in [2.05, 4.69) is 30.1 Å². The number of aliphatic imine (C=N–C) groups is 2. The third kappa shape index (κ3) is 6.99. The van der Waals surface area contributed by atoms with E-state index in [1.807, 2.05) is 0 Å². The van der Waals surface area contributed by atoms with Crippen LogP contribution >= 0.6 is 23.5 Å². The molecule has 4 N–H and O–H groups in total. The first-order valence-electron chi connectivity index (χ1n) is 10.1. The zero-order valence-electron chi connectivity index (χ0n) is 18.9. The number of ether oxygens (including phenoxy) is 2. The number of nitrogens with zero attached hydrogens (tertiary/aromatic N) is 2. The normalized spacial score (nSPS) is 16.7. The summed E-state index contributed by atoms with van der Waals surface area (Å²) in [7, 11) is 2.46. The van der Waals surface area contributed by atoms with Crippen molar-refractivity contribution in [2.24, 2.45) is 9.98 Å². The molecule has 14 heteroatoms. The maximum Gasteiger partial charge on any atom is 0.341 e. The summed E-state index contributed by atoms with van der Waals surface area (Å²) in [6, 6.07) is 8.60. The average Bonchev–Trinajstić information content (AvgIpc) is 3.47. The number of nitrogens with one attached hydrogen (secondary N) is 2. The second-order valence-corrected chi connectivity index (χ2v) is 8.82. The van der Waals surface area contributed by atoms with Crippen LogP contribution in [0.3, 0.4) is 0 Å². The lowest BCUT2D eigenvalue weighted by molar-refractivity contribution is -0.117. The van der Waals surface area contributed by atoms with Crippen LogP contribution in [0, 0.1) is 0 Å². The summed E-state index contributed by atoms with van der Waals surface area (Å²) in [6.07, 6.45) is 0. The highest BCUT2D eigenvalue weighted by molar-refractivity contribution is 8.15. The summed E-state index contributed by atoms with van der Waals surface area (Å²) in [5.41, 5.74) is 0.984. The summed E-state index contributed by atoms with van der Waals surface area (Å²) in [5, 5.41) is 25.1. The van der Waals surface area contributed by atoms with Crippen LogP contribution in [0.15, 0.2) is 46.4 Å². The second-order valence-electron chi connectivity index (χ2n) is 6.89. The van der Waals surface area contributed by atoms with Crippen LogP contribution in [0.2, 0.25) is 0 Å². The van der Waals surface area contributed by atoms with Gasteiger partial charge in [-0.2, -0.15) is 0 Å². The predicted molar refractivity (Wildman–Crippen MR) is 134 cm³/mol. The Balaban J connectivity index is 0.000000201. The van der Waals surface area contributed by atoms with Gasteiger partial charge in [0.1, 0.15) is 22.6 Å². The molecule has 2 aliphatic heterocycles. The molecule has 36 heavy (non-hydrogen) atoms. The molecule has 2 aromatic rings. The monoisotopic (exact) mass is 532 g/mol. The van der Waals surface area contributed by atoms with E-state index in [-0.39, 0.29) is 34.4 Å². The van der Waals surface area contributed by atoms with Crippen LogP contribution in [0.25, 0.3) is 0 Å². The highest BCUT2D eigenvalue weighted by atomic mass is 32.2. The van der Waals surface area contributed by atoms with Crippen LogP contribution in [0.5, 0.6) is 11.5 Å². The molecule has 0 saturated carbocycles. The summed E-state index contributed by atoms with van der Waals surface area (Å²) < 4.78 is 9.07. The highest BCUT2D eigenvalue weighted by Gasteiger charge is 2.19. The Kier molecular flexibility index (Phi) is 8.91. The number of hydrogen-bond donors (Lipinski definition) is 4. The minimum atomic E-state index is -0.641. The number of amidine groups is 2. The molecule has 2 saturated heterocycles. The average molecular weight is 533 g/mol. The van der Waals surface area contributed by atoms with Gasteiger partial charge in [-0.3, -0.25) is 9.59 Å².